The Labute approximate surface area is 157 Å². The van der Waals surface area contributed by atoms with E-state index in [1.165, 1.54) is 16.7 Å². The Morgan fingerprint density at radius 3 is 1.89 bits per heavy atom. The minimum Gasteiger partial charge on any atom is -1.00 e. The minimum atomic E-state index is 0. The Kier molecular flexibility index (Phi) is 12.8. The van der Waals surface area contributed by atoms with E-state index in [1.54, 1.807) is 0 Å². The molecule has 0 unspecified atom stereocenters. The van der Waals surface area contributed by atoms with E-state index >= 15 is 0 Å². The van der Waals surface area contributed by atoms with Crippen molar-refractivity contribution < 1.29 is 34.0 Å². The molecule has 0 heterocycles. The number of hydrogen-bond acceptors (Lipinski definition) is 0. The van der Waals surface area contributed by atoms with Gasteiger partial charge in [-0.1, -0.05) is 61.0 Å². The van der Waals surface area contributed by atoms with E-state index in [2.05, 4.69) is 37.3 Å². The second-order valence-corrected chi connectivity index (χ2v) is 4.35. The fourth-order valence-corrected chi connectivity index (χ4v) is 1.96. The van der Waals surface area contributed by atoms with E-state index in [9.17, 15) is 0 Å². The molecule has 2 aromatic carbocycles. The first-order valence-electron chi connectivity index (χ1n) is 5.61. The van der Waals surface area contributed by atoms with Crippen molar-refractivity contribution in [3.63, 3.8) is 0 Å². The zero-order chi connectivity index (χ0) is 11.4. The van der Waals surface area contributed by atoms with Crippen LogP contribution in [-0.2, 0) is 12.8 Å². The van der Waals surface area contributed by atoms with Gasteiger partial charge in [0, 0.05) is 5.02 Å². The largest absolute Gasteiger partial charge is 2.00 e. The number of benzene rings is 2. The van der Waals surface area contributed by atoms with Crippen LogP contribution in [0.15, 0.2) is 48.5 Å². The smallest absolute Gasteiger partial charge is 1.00 e. The molecule has 0 saturated heterocycles. The fraction of sp³-hybridized carbons (Fsp3) is 0.200. The van der Waals surface area contributed by atoms with Crippen LogP contribution in [0.25, 0.3) is 0 Å². The predicted octanol–water partition coefficient (Wildman–Crippen LogP) is -1.88. The average molecular weight is 415 g/mol. The summed E-state index contributed by atoms with van der Waals surface area (Å²) in [5, 5.41) is 0.849. The molecule has 0 aliphatic rings. The van der Waals surface area contributed by atoms with Crippen LogP contribution < -0.4 is 34.0 Å². The van der Waals surface area contributed by atoms with E-state index in [0.29, 0.717) is 0 Å². The summed E-state index contributed by atoms with van der Waals surface area (Å²) in [5.74, 6) is 0. The maximum Gasteiger partial charge on any atom is 2.00 e. The van der Waals surface area contributed by atoms with Crippen LogP contribution in [0, 0.1) is 0 Å². The van der Waals surface area contributed by atoms with Gasteiger partial charge < -0.3 is 34.0 Å². The molecule has 19 heavy (non-hydrogen) atoms. The van der Waals surface area contributed by atoms with E-state index in [0.717, 1.165) is 17.9 Å². The first-order valence-corrected chi connectivity index (χ1v) is 5.98. The van der Waals surface area contributed by atoms with Gasteiger partial charge in [0.2, 0.25) is 0 Å². The van der Waals surface area contributed by atoms with Gasteiger partial charge in [-0.2, -0.15) is 0 Å². The number of aryl methyl sites for hydroxylation is 1. The Balaban J connectivity index is 0. The average Bonchev–Trinajstić information content (AvgIpc) is 2.33. The van der Waals surface area contributed by atoms with Crippen molar-refractivity contribution in [2.75, 3.05) is 0 Å². The third-order valence-corrected chi connectivity index (χ3v) is 3.15. The molecule has 4 heteroatoms. The van der Waals surface area contributed by atoms with Gasteiger partial charge in [-0.25, -0.2) is 0 Å². The summed E-state index contributed by atoms with van der Waals surface area (Å²) in [5.41, 5.74) is 3.88. The van der Waals surface area contributed by atoms with Gasteiger partial charge in [0.1, 0.15) is 0 Å². The molecule has 98 valence electrons. The molecule has 0 radical (unpaired) electrons. The number of hydrogen-bond donors (Lipinski definition) is 0. The van der Waals surface area contributed by atoms with E-state index in [1.807, 2.05) is 18.2 Å². The van der Waals surface area contributed by atoms with Crippen LogP contribution >= 0.6 is 11.6 Å². The zero-order valence-electron chi connectivity index (χ0n) is 10.9. The quantitative estimate of drug-likeness (QED) is 0.516. The maximum absolute atomic E-state index is 6.13. The van der Waals surface area contributed by atoms with Gasteiger partial charge in [0.05, 0.1) is 0 Å². The summed E-state index contributed by atoms with van der Waals surface area (Å²) in [6, 6.07) is 16.8. The predicted molar refractivity (Wildman–Crippen MR) is 75.8 cm³/mol. The van der Waals surface area contributed by atoms with Crippen LogP contribution in [0.4, 0.5) is 0 Å². The van der Waals surface area contributed by atoms with E-state index < -0.39 is 0 Å². The summed E-state index contributed by atoms with van der Waals surface area (Å²) in [7, 11) is 0. The molecule has 0 aliphatic heterocycles. The Morgan fingerprint density at radius 2 is 1.37 bits per heavy atom. The third-order valence-electron chi connectivity index (χ3n) is 2.78. The molecule has 0 atom stereocenters. The first-order chi connectivity index (χ1) is 7.79. The van der Waals surface area contributed by atoms with Crippen molar-refractivity contribution in [1.82, 2.24) is 0 Å². The maximum atomic E-state index is 6.13. The van der Waals surface area contributed by atoms with Crippen molar-refractivity contribution in [2.45, 2.75) is 19.8 Å². The topological polar surface area (TPSA) is 0 Å². The zero-order valence-corrected chi connectivity index (χ0v) is 16.2. The molecular formula is C15H15Br2ClMg. The van der Waals surface area contributed by atoms with Crippen LogP contribution in [-0.4, -0.2) is 23.1 Å². The van der Waals surface area contributed by atoms with E-state index in [4.69, 9.17) is 11.6 Å². The first kappa shape index (κ1) is 21.7. The molecule has 0 bridgehead atoms. The molecule has 0 N–H and O–H groups in total. The summed E-state index contributed by atoms with van der Waals surface area (Å²) in [6.45, 7) is 2.17. The molecule has 0 aliphatic carbocycles. The van der Waals surface area contributed by atoms with Crippen LogP contribution in [0.2, 0.25) is 5.02 Å². The van der Waals surface area contributed by atoms with Gasteiger partial charge in [-0.3, -0.25) is 0 Å². The van der Waals surface area contributed by atoms with Crippen molar-refractivity contribution in [2.24, 2.45) is 0 Å². The second-order valence-electron chi connectivity index (χ2n) is 3.94. The summed E-state index contributed by atoms with van der Waals surface area (Å²) in [6.07, 6.45) is 2.00. The van der Waals surface area contributed by atoms with E-state index in [-0.39, 0.29) is 57.0 Å². The van der Waals surface area contributed by atoms with Crippen molar-refractivity contribution in [3.8, 4) is 0 Å². The minimum absolute atomic E-state index is 0. The Bertz CT molecular complexity index is 472. The number of rotatable bonds is 3. The van der Waals surface area contributed by atoms with Gasteiger partial charge >= 0.3 is 23.1 Å². The fourth-order valence-electron chi connectivity index (χ4n) is 1.75. The summed E-state index contributed by atoms with van der Waals surface area (Å²) in [4.78, 5) is 0. The van der Waals surface area contributed by atoms with Gasteiger partial charge in [0.25, 0.3) is 0 Å². The Hall–Kier alpha value is 0.456. The molecular weight excluding hydrogens is 400 g/mol. The number of halogens is 3. The van der Waals surface area contributed by atoms with Crippen LogP contribution in [0.1, 0.15) is 23.6 Å². The van der Waals surface area contributed by atoms with Crippen LogP contribution in [0.3, 0.4) is 0 Å². The molecule has 0 nitrogen and oxygen atoms in total. The molecule has 0 fully saturated rings. The molecule has 0 amide bonds. The van der Waals surface area contributed by atoms with Crippen LogP contribution in [0.5, 0.6) is 0 Å². The standard InChI is InChI=1S/C15H15Cl.2BrH.Mg/c1-2-12-7-9-13(10-8-12)11-14-5-3-4-6-15(14)16;;;/h3-10H,2,11H2,1H3;2*1H;/q;;;+2/p-2. The molecule has 0 saturated carbocycles. The van der Waals surface area contributed by atoms with Crippen molar-refractivity contribution in [3.05, 3.63) is 70.2 Å². The second kappa shape index (κ2) is 11.2. The normalized spacial score (nSPS) is 8.74. The SMILES string of the molecule is CCc1ccc(Cc2ccccc2Cl)cc1.[Br-].[Br-].[Mg+2]. The van der Waals surface area contributed by atoms with Gasteiger partial charge in [-0.05, 0) is 35.6 Å². The summed E-state index contributed by atoms with van der Waals surface area (Å²) >= 11 is 6.13. The molecule has 2 rings (SSSR count). The van der Waals surface area contributed by atoms with Gasteiger partial charge in [0.15, 0.2) is 0 Å². The Morgan fingerprint density at radius 1 is 0.842 bits per heavy atom. The third kappa shape index (κ3) is 6.63. The molecule has 2 aromatic rings. The molecule has 0 aromatic heterocycles. The molecule has 0 spiro atoms. The van der Waals surface area contributed by atoms with Crippen molar-refractivity contribution in [1.29, 1.82) is 0 Å². The monoisotopic (exact) mass is 412 g/mol. The summed E-state index contributed by atoms with van der Waals surface area (Å²) < 4.78 is 0. The van der Waals surface area contributed by atoms with Gasteiger partial charge in [-0.15, -0.1) is 0 Å². The van der Waals surface area contributed by atoms with Crippen molar-refractivity contribution >= 4 is 34.7 Å².